The smallest absolute Gasteiger partial charge is 0.160 e. The molecule has 5 heteroatoms. The number of ether oxygens (including phenoxy) is 2. The number of rotatable bonds is 2. The number of aliphatic hydroxyl groups excluding tert-OH is 2. The number of hydrogen-bond acceptors (Lipinski definition) is 5. The number of hydrogen-bond donors (Lipinski definition) is 3. The summed E-state index contributed by atoms with van der Waals surface area (Å²) in [5.41, 5.74) is -1.62. The molecule has 0 spiro atoms. The summed E-state index contributed by atoms with van der Waals surface area (Å²) in [5, 5.41) is 29.1. The number of methoxy groups -OCH3 is 1. The zero-order valence-electron chi connectivity index (χ0n) is 8.67. The van der Waals surface area contributed by atoms with Gasteiger partial charge in [-0.05, 0) is 13.8 Å². The lowest BCUT2D eigenvalue weighted by Gasteiger charge is -2.45. The van der Waals surface area contributed by atoms with Crippen LogP contribution in [0.1, 0.15) is 20.3 Å². The first-order valence-corrected chi connectivity index (χ1v) is 4.69. The van der Waals surface area contributed by atoms with Gasteiger partial charge in [-0.3, -0.25) is 0 Å². The first-order chi connectivity index (χ1) is 6.42. The zero-order valence-corrected chi connectivity index (χ0v) is 8.67. The van der Waals surface area contributed by atoms with Crippen LogP contribution >= 0.6 is 0 Å². The first-order valence-electron chi connectivity index (χ1n) is 4.69. The van der Waals surface area contributed by atoms with Crippen LogP contribution in [-0.4, -0.2) is 52.6 Å². The highest BCUT2D eigenvalue weighted by atomic mass is 16.7. The van der Waals surface area contributed by atoms with Crippen LogP contribution in [0.3, 0.4) is 0 Å². The van der Waals surface area contributed by atoms with E-state index in [1.165, 1.54) is 14.0 Å². The lowest BCUT2D eigenvalue weighted by molar-refractivity contribution is -0.296. The lowest BCUT2D eigenvalue weighted by Crippen LogP contribution is -2.63. The van der Waals surface area contributed by atoms with Gasteiger partial charge in [-0.2, -0.15) is 0 Å². The largest absolute Gasteiger partial charge is 0.390 e. The van der Waals surface area contributed by atoms with Gasteiger partial charge in [0.05, 0.1) is 18.3 Å². The maximum absolute atomic E-state index is 10.0. The second kappa shape index (κ2) is 4.12. The molecule has 0 bridgehead atoms. The Balaban J connectivity index is 2.79. The Morgan fingerprint density at radius 2 is 2.14 bits per heavy atom. The van der Waals surface area contributed by atoms with Crippen molar-refractivity contribution in [3.63, 3.8) is 0 Å². The van der Waals surface area contributed by atoms with Gasteiger partial charge in [-0.25, -0.2) is 0 Å². The van der Waals surface area contributed by atoms with Crippen molar-refractivity contribution >= 4 is 0 Å². The Morgan fingerprint density at radius 3 is 2.50 bits per heavy atom. The second-order valence-corrected chi connectivity index (χ2v) is 3.76. The van der Waals surface area contributed by atoms with Crippen LogP contribution in [0.25, 0.3) is 0 Å². The van der Waals surface area contributed by atoms with Gasteiger partial charge in [0.2, 0.25) is 0 Å². The van der Waals surface area contributed by atoms with Gasteiger partial charge in [0.1, 0.15) is 5.60 Å². The van der Waals surface area contributed by atoms with Crippen molar-refractivity contribution in [1.82, 2.24) is 0 Å². The topological polar surface area (TPSA) is 79.2 Å². The summed E-state index contributed by atoms with van der Waals surface area (Å²) in [7, 11) is 1.47. The lowest BCUT2D eigenvalue weighted by atomic mass is 9.82. The van der Waals surface area contributed by atoms with E-state index >= 15 is 0 Å². The molecule has 1 aliphatic heterocycles. The van der Waals surface area contributed by atoms with Gasteiger partial charge in [-0.1, -0.05) is 0 Å². The molecule has 0 radical (unpaired) electrons. The third-order valence-electron chi connectivity index (χ3n) is 2.89. The van der Waals surface area contributed by atoms with Gasteiger partial charge in [-0.15, -0.1) is 0 Å². The van der Waals surface area contributed by atoms with Crippen LogP contribution in [0.15, 0.2) is 0 Å². The van der Waals surface area contributed by atoms with E-state index in [1.54, 1.807) is 6.92 Å². The summed E-state index contributed by atoms with van der Waals surface area (Å²) in [4.78, 5) is 0. The normalized spacial score (nSPS) is 46.3. The molecule has 3 N–H and O–H groups in total. The molecular weight excluding hydrogens is 188 g/mol. The van der Waals surface area contributed by atoms with E-state index in [9.17, 15) is 15.3 Å². The molecule has 0 unspecified atom stereocenters. The van der Waals surface area contributed by atoms with Crippen LogP contribution in [-0.2, 0) is 9.47 Å². The third kappa shape index (κ3) is 1.78. The van der Waals surface area contributed by atoms with Gasteiger partial charge < -0.3 is 24.8 Å². The first kappa shape index (κ1) is 11.9. The van der Waals surface area contributed by atoms with Crippen molar-refractivity contribution < 1.29 is 24.8 Å². The summed E-state index contributed by atoms with van der Waals surface area (Å²) in [6, 6.07) is 0. The van der Waals surface area contributed by atoms with Gasteiger partial charge in [0, 0.05) is 13.5 Å². The van der Waals surface area contributed by atoms with Crippen LogP contribution in [0.4, 0.5) is 0 Å². The van der Waals surface area contributed by atoms with Crippen molar-refractivity contribution in [1.29, 1.82) is 0 Å². The molecule has 84 valence electrons. The molecule has 14 heavy (non-hydrogen) atoms. The highest BCUT2D eigenvalue weighted by Crippen LogP contribution is 2.32. The summed E-state index contributed by atoms with van der Waals surface area (Å²) >= 11 is 0. The molecule has 0 amide bonds. The van der Waals surface area contributed by atoms with Crippen LogP contribution < -0.4 is 0 Å². The molecule has 0 aromatic carbocycles. The predicted molar refractivity (Wildman–Crippen MR) is 48.6 cm³/mol. The average molecular weight is 206 g/mol. The van der Waals surface area contributed by atoms with Crippen LogP contribution in [0, 0.1) is 0 Å². The highest BCUT2D eigenvalue weighted by molar-refractivity contribution is 4.99. The van der Waals surface area contributed by atoms with E-state index in [1.807, 2.05) is 0 Å². The molecule has 0 saturated carbocycles. The van der Waals surface area contributed by atoms with Crippen molar-refractivity contribution in [2.45, 2.75) is 50.5 Å². The van der Waals surface area contributed by atoms with Crippen molar-refractivity contribution in [3.8, 4) is 0 Å². The van der Waals surface area contributed by atoms with Crippen LogP contribution in [0.5, 0.6) is 0 Å². The maximum atomic E-state index is 10.0. The van der Waals surface area contributed by atoms with E-state index in [-0.39, 0.29) is 6.42 Å². The summed E-state index contributed by atoms with van der Waals surface area (Å²) in [6.07, 6.45) is -3.14. The van der Waals surface area contributed by atoms with E-state index in [0.29, 0.717) is 0 Å². The van der Waals surface area contributed by atoms with E-state index < -0.39 is 30.2 Å². The molecule has 1 aliphatic rings. The predicted octanol–water partition coefficient (Wildman–Crippen LogP) is -0.759. The molecule has 1 rings (SSSR count). The summed E-state index contributed by atoms with van der Waals surface area (Å²) < 4.78 is 10.2. The van der Waals surface area contributed by atoms with Crippen molar-refractivity contribution in [2.24, 2.45) is 0 Å². The molecule has 5 nitrogen and oxygen atoms in total. The van der Waals surface area contributed by atoms with E-state index in [0.717, 1.165) is 0 Å². The minimum atomic E-state index is -1.62. The zero-order chi connectivity index (χ0) is 10.9. The Morgan fingerprint density at radius 1 is 1.57 bits per heavy atom. The Labute approximate surface area is 83.3 Å². The molecule has 1 saturated heterocycles. The van der Waals surface area contributed by atoms with Gasteiger partial charge >= 0.3 is 0 Å². The molecule has 1 fully saturated rings. The number of aliphatic hydroxyl groups is 3. The summed E-state index contributed by atoms with van der Waals surface area (Å²) in [6.45, 7) is 3.03. The Hall–Kier alpha value is -0.200. The molecule has 0 aromatic heterocycles. The van der Waals surface area contributed by atoms with Gasteiger partial charge in [0.25, 0.3) is 0 Å². The van der Waals surface area contributed by atoms with Crippen molar-refractivity contribution in [3.05, 3.63) is 0 Å². The molecule has 0 aliphatic carbocycles. The molecular formula is C9H18O5. The standard InChI is InChI=1S/C9H18O5/c1-5(10)9(12)6(2)14-8(13-3)4-7(9)11/h5-8,10-12H,4H2,1-3H3/t5-,6-,7+,8-,9+/m0/s1. The SMILES string of the molecule is CO[C@@H]1C[C@@H](O)[C@@](O)([C@H](C)O)[C@H](C)O1. The second-order valence-electron chi connectivity index (χ2n) is 3.76. The molecule has 5 atom stereocenters. The fourth-order valence-electron chi connectivity index (χ4n) is 1.80. The molecule has 0 aromatic rings. The minimum Gasteiger partial charge on any atom is -0.390 e. The fraction of sp³-hybridized carbons (Fsp3) is 1.00. The van der Waals surface area contributed by atoms with Crippen LogP contribution in [0.2, 0.25) is 0 Å². The van der Waals surface area contributed by atoms with Gasteiger partial charge in [0.15, 0.2) is 6.29 Å². The van der Waals surface area contributed by atoms with E-state index in [2.05, 4.69) is 0 Å². The quantitative estimate of drug-likeness (QED) is 0.553. The Kier molecular flexibility index (Phi) is 3.49. The minimum absolute atomic E-state index is 0.155. The fourth-order valence-corrected chi connectivity index (χ4v) is 1.80. The van der Waals surface area contributed by atoms with Crippen molar-refractivity contribution in [2.75, 3.05) is 7.11 Å². The molecule has 1 heterocycles. The van der Waals surface area contributed by atoms with E-state index in [4.69, 9.17) is 9.47 Å². The summed E-state index contributed by atoms with van der Waals surface area (Å²) in [5.74, 6) is 0. The highest BCUT2D eigenvalue weighted by Gasteiger charge is 2.51. The monoisotopic (exact) mass is 206 g/mol. The third-order valence-corrected chi connectivity index (χ3v) is 2.89. The average Bonchev–Trinajstić information content (AvgIpc) is 2.12. The Bertz CT molecular complexity index is 182. The maximum Gasteiger partial charge on any atom is 0.160 e.